The molecular formula is C31H16F12O. The van der Waals surface area contributed by atoms with E-state index in [9.17, 15) is 43.9 Å². The van der Waals surface area contributed by atoms with Crippen LogP contribution in [0.4, 0.5) is 52.7 Å². The van der Waals surface area contributed by atoms with Crippen LogP contribution in [0.5, 0.6) is 5.75 Å². The standard InChI is InChI=1S/C31H16F12O/c1-2-3-15-4-5-19(21(32)8-15)16-9-24(35)28(25(36)10-16)17-11-26(37)29(27(38)12-17)31(42,43)44-18-13-22(33)20(23(34)14-18)6-7-30(39,40)41/h4-5,8-14H,2-3H2,1H3. The number of halogens is 12. The molecule has 0 amide bonds. The van der Waals surface area contributed by atoms with Crippen molar-refractivity contribution >= 4 is 0 Å². The van der Waals surface area contributed by atoms with Gasteiger partial charge in [0.2, 0.25) is 0 Å². The van der Waals surface area contributed by atoms with Gasteiger partial charge in [0.1, 0.15) is 52.0 Å². The van der Waals surface area contributed by atoms with Crippen LogP contribution in [0.25, 0.3) is 22.3 Å². The molecule has 0 aliphatic heterocycles. The van der Waals surface area contributed by atoms with Crippen LogP contribution in [0.1, 0.15) is 30.0 Å². The molecular weight excluding hydrogens is 616 g/mol. The fourth-order valence-electron chi connectivity index (χ4n) is 4.30. The molecule has 1 nitrogen and oxygen atoms in total. The second-order valence-corrected chi connectivity index (χ2v) is 9.32. The molecule has 0 spiro atoms. The molecule has 0 radical (unpaired) electrons. The molecule has 0 unspecified atom stereocenters. The van der Waals surface area contributed by atoms with Crippen molar-refractivity contribution in [3.05, 3.63) is 112 Å². The number of aryl methyl sites for hydroxylation is 1. The lowest BCUT2D eigenvalue weighted by atomic mass is 9.96. The summed E-state index contributed by atoms with van der Waals surface area (Å²) in [6, 6.07) is 5.72. The number of benzene rings is 4. The summed E-state index contributed by atoms with van der Waals surface area (Å²) in [5.41, 5.74) is -5.25. The van der Waals surface area contributed by atoms with Gasteiger partial charge in [0.25, 0.3) is 0 Å². The number of alkyl halides is 5. The fourth-order valence-corrected chi connectivity index (χ4v) is 4.30. The van der Waals surface area contributed by atoms with E-state index in [0.717, 1.165) is 12.3 Å². The Bertz CT molecular complexity index is 1730. The largest absolute Gasteiger partial charge is 0.458 e. The molecule has 4 aromatic rings. The van der Waals surface area contributed by atoms with Gasteiger partial charge in [-0.2, -0.15) is 22.0 Å². The van der Waals surface area contributed by atoms with Crippen LogP contribution in [0.3, 0.4) is 0 Å². The van der Waals surface area contributed by atoms with Crippen molar-refractivity contribution in [3.63, 3.8) is 0 Å². The minimum atomic E-state index is -5.13. The van der Waals surface area contributed by atoms with Crippen molar-refractivity contribution in [2.75, 3.05) is 0 Å². The van der Waals surface area contributed by atoms with E-state index in [1.54, 1.807) is 6.07 Å². The highest BCUT2D eigenvalue weighted by Crippen LogP contribution is 2.39. The topological polar surface area (TPSA) is 9.23 Å². The maximum absolute atomic E-state index is 15.0. The van der Waals surface area contributed by atoms with Gasteiger partial charge in [-0.25, -0.2) is 30.7 Å². The lowest BCUT2D eigenvalue weighted by Gasteiger charge is -2.20. The zero-order chi connectivity index (χ0) is 32.6. The van der Waals surface area contributed by atoms with E-state index in [1.807, 2.05) is 6.92 Å². The lowest BCUT2D eigenvalue weighted by Crippen LogP contribution is -2.25. The average Bonchev–Trinajstić information content (AvgIpc) is 2.86. The Hall–Kier alpha value is -4.60. The first kappa shape index (κ1) is 32.3. The molecule has 13 heteroatoms. The van der Waals surface area contributed by atoms with Gasteiger partial charge in [-0.15, -0.1) is 0 Å². The van der Waals surface area contributed by atoms with Crippen LogP contribution in [-0.2, 0) is 12.5 Å². The highest BCUT2D eigenvalue weighted by Gasteiger charge is 2.42. The Kier molecular flexibility index (Phi) is 8.95. The average molecular weight is 632 g/mol. The Balaban J connectivity index is 1.67. The summed E-state index contributed by atoms with van der Waals surface area (Å²) in [4.78, 5) is 0. The summed E-state index contributed by atoms with van der Waals surface area (Å²) in [7, 11) is 0. The second-order valence-electron chi connectivity index (χ2n) is 9.32. The molecule has 4 aromatic carbocycles. The molecule has 0 saturated carbocycles. The zero-order valence-electron chi connectivity index (χ0n) is 22.1. The normalized spacial score (nSPS) is 11.8. The van der Waals surface area contributed by atoms with Gasteiger partial charge in [0, 0.05) is 23.6 Å². The van der Waals surface area contributed by atoms with E-state index in [0.29, 0.717) is 30.0 Å². The molecule has 0 aliphatic carbocycles. The monoisotopic (exact) mass is 632 g/mol. The summed E-state index contributed by atoms with van der Waals surface area (Å²) in [6.45, 7) is 1.87. The van der Waals surface area contributed by atoms with Crippen LogP contribution in [0.15, 0.2) is 54.6 Å². The molecule has 230 valence electrons. The molecule has 44 heavy (non-hydrogen) atoms. The third-order valence-electron chi connectivity index (χ3n) is 6.14. The van der Waals surface area contributed by atoms with Crippen molar-refractivity contribution in [1.29, 1.82) is 0 Å². The van der Waals surface area contributed by atoms with Gasteiger partial charge in [-0.05, 0) is 53.4 Å². The molecule has 0 atom stereocenters. The molecule has 0 bridgehead atoms. The van der Waals surface area contributed by atoms with E-state index in [2.05, 4.69) is 4.74 Å². The summed E-state index contributed by atoms with van der Waals surface area (Å²) < 4.78 is 173. The van der Waals surface area contributed by atoms with Crippen molar-refractivity contribution in [3.8, 4) is 39.8 Å². The third-order valence-corrected chi connectivity index (χ3v) is 6.14. The Morgan fingerprint density at radius 1 is 0.636 bits per heavy atom. The summed E-state index contributed by atoms with van der Waals surface area (Å²) >= 11 is 0. The van der Waals surface area contributed by atoms with E-state index in [4.69, 9.17) is 0 Å². The number of ether oxygens (including phenoxy) is 1. The SMILES string of the molecule is CCCc1ccc(-c2cc(F)c(-c3cc(F)c(C(F)(F)Oc4cc(F)c(C#CC(F)(F)F)c(F)c4)c(F)c3)c(F)c2)c(F)c1. The Labute approximate surface area is 241 Å². The molecule has 0 N–H and O–H groups in total. The quantitative estimate of drug-likeness (QED) is 0.146. The van der Waals surface area contributed by atoms with Crippen molar-refractivity contribution in [2.45, 2.75) is 32.1 Å². The van der Waals surface area contributed by atoms with Gasteiger partial charge in [-0.1, -0.05) is 31.4 Å². The van der Waals surface area contributed by atoms with Crippen LogP contribution in [0, 0.1) is 52.6 Å². The summed E-state index contributed by atoms with van der Waals surface area (Å²) in [6.07, 6.45) is -8.85. The summed E-state index contributed by atoms with van der Waals surface area (Å²) in [5.74, 6) is -11.1. The second kappa shape index (κ2) is 12.2. The van der Waals surface area contributed by atoms with Crippen LogP contribution in [-0.4, -0.2) is 6.18 Å². The van der Waals surface area contributed by atoms with Gasteiger partial charge in [0.15, 0.2) is 0 Å². The van der Waals surface area contributed by atoms with Crippen molar-refractivity contribution in [1.82, 2.24) is 0 Å². The van der Waals surface area contributed by atoms with Crippen molar-refractivity contribution in [2.24, 2.45) is 0 Å². The van der Waals surface area contributed by atoms with E-state index >= 15 is 8.78 Å². The Morgan fingerprint density at radius 3 is 1.68 bits per heavy atom. The first-order valence-electron chi connectivity index (χ1n) is 12.4. The first-order valence-corrected chi connectivity index (χ1v) is 12.4. The lowest BCUT2D eigenvalue weighted by molar-refractivity contribution is -0.189. The van der Waals surface area contributed by atoms with E-state index in [-0.39, 0.29) is 35.4 Å². The number of hydrogen-bond acceptors (Lipinski definition) is 1. The molecule has 4 rings (SSSR count). The molecule has 0 heterocycles. The van der Waals surface area contributed by atoms with Crippen molar-refractivity contribution < 1.29 is 57.4 Å². The van der Waals surface area contributed by atoms with Crippen LogP contribution < -0.4 is 4.74 Å². The van der Waals surface area contributed by atoms with E-state index in [1.165, 1.54) is 12.1 Å². The predicted octanol–water partition coefficient (Wildman–Crippen LogP) is 9.99. The Morgan fingerprint density at radius 2 is 1.18 bits per heavy atom. The maximum Gasteiger partial charge on any atom is 0.458 e. The highest BCUT2D eigenvalue weighted by atomic mass is 19.4. The van der Waals surface area contributed by atoms with Gasteiger partial charge >= 0.3 is 12.3 Å². The summed E-state index contributed by atoms with van der Waals surface area (Å²) in [5, 5.41) is 0. The molecule has 0 aliphatic rings. The number of hydrogen-bond donors (Lipinski definition) is 0. The maximum atomic E-state index is 15.0. The molecule has 0 fully saturated rings. The zero-order valence-corrected chi connectivity index (χ0v) is 22.1. The molecule has 0 saturated heterocycles. The first-order chi connectivity index (χ1) is 20.5. The minimum absolute atomic E-state index is 0.00798. The fraction of sp³-hybridized carbons (Fsp3) is 0.161. The highest BCUT2D eigenvalue weighted by molar-refractivity contribution is 5.72. The van der Waals surface area contributed by atoms with Gasteiger partial charge in [-0.3, -0.25) is 0 Å². The van der Waals surface area contributed by atoms with E-state index < -0.39 is 81.0 Å². The van der Waals surface area contributed by atoms with Gasteiger partial charge < -0.3 is 4.74 Å². The number of rotatable bonds is 7. The van der Waals surface area contributed by atoms with Gasteiger partial charge in [0.05, 0.1) is 11.1 Å². The smallest absolute Gasteiger partial charge is 0.429 e. The third kappa shape index (κ3) is 6.96. The predicted molar refractivity (Wildman–Crippen MR) is 135 cm³/mol. The van der Waals surface area contributed by atoms with Crippen LogP contribution >= 0.6 is 0 Å². The van der Waals surface area contributed by atoms with Crippen LogP contribution in [0.2, 0.25) is 0 Å². The molecule has 0 aromatic heterocycles. The minimum Gasteiger partial charge on any atom is -0.429 e.